The summed E-state index contributed by atoms with van der Waals surface area (Å²) in [5.74, 6) is 1.59. The van der Waals surface area contributed by atoms with Crippen molar-refractivity contribution in [3.63, 3.8) is 0 Å². The van der Waals surface area contributed by atoms with Crippen LogP contribution in [0.1, 0.15) is 31.6 Å². The average molecular weight is 349 g/mol. The SMILES string of the molecule is CC(C)c1nc2ccccc2n1C1CN(c2nc3cnccc3s2)C1. The van der Waals surface area contributed by atoms with Crippen molar-refractivity contribution >= 4 is 37.7 Å². The molecule has 0 spiro atoms. The number of hydrogen-bond acceptors (Lipinski definition) is 5. The molecule has 4 aromatic rings. The van der Waals surface area contributed by atoms with E-state index in [4.69, 9.17) is 9.97 Å². The third kappa shape index (κ3) is 2.32. The maximum atomic E-state index is 4.87. The van der Waals surface area contributed by atoms with E-state index in [0.29, 0.717) is 12.0 Å². The van der Waals surface area contributed by atoms with Crippen molar-refractivity contribution in [1.29, 1.82) is 0 Å². The van der Waals surface area contributed by atoms with E-state index < -0.39 is 0 Å². The van der Waals surface area contributed by atoms with E-state index in [2.05, 4.69) is 52.6 Å². The van der Waals surface area contributed by atoms with Crippen LogP contribution in [0.25, 0.3) is 21.3 Å². The fraction of sp³-hybridized carbons (Fsp3) is 0.316. The first kappa shape index (κ1) is 14.8. The minimum absolute atomic E-state index is 0.412. The minimum Gasteiger partial charge on any atom is -0.344 e. The normalized spacial score (nSPS) is 15.4. The highest BCUT2D eigenvalue weighted by Gasteiger charge is 2.33. The molecule has 0 radical (unpaired) electrons. The molecule has 5 nitrogen and oxygen atoms in total. The van der Waals surface area contributed by atoms with Crippen LogP contribution in [0.2, 0.25) is 0 Å². The molecule has 4 heterocycles. The van der Waals surface area contributed by atoms with Gasteiger partial charge in [0.25, 0.3) is 0 Å². The molecular weight excluding hydrogens is 330 g/mol. The molecule has 25 heavy (non-hydrogen) atoms. The first-order valence-corrected chi connectivity index (χ1v) is 9.44. The number of imidazole rings is 1. The van der Waals surface area contributed by atoms with Gasteiger partial charge in [-0.2, -0.15) is 0 Å². The number of anilines is 1. The Morgan fingerprint density at radius 1 is 1.08 bits per heavy atom. The van der Waals surface area contributed by atoms with E-state index in [0.717, 1.165) is 29.3 Å². The number of pyridine rings is 1. The summed E-state index contributed by atoms with van der Waals surface area (Å²) in [5, 5.41) is 1.09. The lowest BCUT2D eigenvalue weighted by Crippen LogP contribution is -2.48. The van der Waals surface area contributed by atoms with Gasteiger partial charge in [-0.3, -0.25) is 4.98 Å². The van der Waals surface area contributed by atoms with Crippen molar-refractivity contribution in [3.8, 4) is 0 Å². The lowest BCUT2D eigenvalue weighted by molar-refractivity contribution is 0.393. The number of benzene rings is 1. The first-order chi connectivity index (χ1) is 12.2. The van der Waals surface area contributed by atoms with Crippen LogP contribution in [-0.2, 0) is 0 Å². The van der Waals surface area contributed by atoms with Crippen LogP contribution in [0.4, 0.5) is 5.13 Å². The Morgan fingerprint density at radius 3 is 2.72 bits per heavy atom. The number of nitrogens with zero attached hydrogens (tertiary/aromatic N) is 5. The highest BCUT2D eigenvalue weighted by Crippen LogP contribution is 2.36. The molecule has 1 saturated heterocycles. The summed E-state index contributed by atoms with van der Waals surface area (Å²) in [7, 11) is 0. The van der Waals surface area contributed by atoms with Crippen LogP contribution >= 0.6 is 11.3 Å². The van der Waals surface area contributed by atoms with Crippen molar-refractivity contribution in [2.75, 3.05) is 18.0 Å². The molecule has 3 aromatic heterocycles. The fourth-order valence-electron chi connectivity index (χ4n) is 3.53. The molecule has 0 N–H and O–H groups in total. The van der Waals surface area contributed by atoms with Crippen molar-refractivity contribution in [2.24, 2.45) is 0 Å². The van der Waals surface area contributed by atoms with Crippen LogP contribution in [0.3, 0.4) is 0 Å². The predicted molar refractivity (Wildman–Crippen MR) is 102 cm³/mol. The van der Waals surface area contributed by atoms with E-state index in [-0.39, 0.29) is 0 Å². The smallest absolute Gasteiger partial charge is 0.186 e. The summed E-state index contributed by atoms with van der Waals surface area (Å²) in [4.78, 5) is 16.1. The third-order valence-electron chi connectivity index (χ3n) is 4.82. The van der Waals surface area contributed by atoms with Gasteiger partial charge in [0.2, 0.25) is 0 Å². The van der Waals surface area contributed by atoms with Gasteiger partial charge in [-0.1, -0.05) is 37.3 Å². The summed E-state index contributed by atoms with van der Waals surface area (Å²) in [5.41, 5.74) is 3.32. The first-order valence-electron chi connectivity index (χ1n) is 8.63. The molecule has 0 amide bonds. The molecule has 1 fully saturated rings. The van der Waals surface area contributed by atoms with E-state index in [1.807, 2.05) is 18.5 Å². The van der Waals surface area contributed by atoms with Crippen LogP contribution < -0.4 is 4.90 Å². The Hall–Kier alpha value is -2.47. The summed E-state index contributed by atoms with van der Waals surface area (Å²) < 4.78 is 3.63. The van der Waals surface area contributed by atoms with Crippen molar-refractivity contribution in [1.82, 2.24) is 19.5 Å². The minimum atomic E-state index is 0.412. The van der Waals surface area contributed by atoms with Crippen LogP contribution in [0.15, 0.2) is 42.7 Å². The van der Waals surface area contributed by atoms with Crippen LogP contribution in [0, 0.1) is 0 Å². The van der Waals surface area contributed by atoms with Crippen molar-refractivity contribution < 1.29 is 0 Å². The molecule has 1 aliphatic rings. The van der Waals surface area contributed by atoms with Crippen LogP contribution in [-0.4, -0.2) is 32.6 Å². The van der Waals surface area contributed by atoms with Gasteiger partial charge >= 0.3 is 0 Å². The van der Waals surface area contributed by atoms with Crippen LogP contribution in [0.5, 0.6) is 0 Å². The monoisotopic (exact) mass is 349 g/mol. The lowest BCUT2D eigenvalue weighted by Gasteiger charge is -2.41. The van der Waals surface area contributed by atoms with E-state index in [1.54, 1.807) is 11.3 Å². The Morgan fingerprint density at radius 2 is 1.92 bits per heavy atom. The molecule has 0 saturated carbocycles. The topological polar surface area (TPSA) is 46.8 Å². The Kier molecular flexibility index (Phi) is 3.28. The number of aromatic nitrogens is 4. The number of para-hydroxylation sites is 2. The summed E-state index contributed by atoms with van der Waals surface area (Å²) in [6, 6.07) is 10.9. The maximum absolute atomic E-state index is 4.87. The zero-order valence-corrected chi connectivity index (χ0v) is 15.1. The summed E-state index contributed by atoms with van der Waals surface area (Å²) in [6.45, 7) is 6.39. The Bertz CT molecular complexity index is 1030. The molecule has 6 heteroatoms. The lowest BCUT2D eigenvalue weighted by atomic mass is 10.1. The van der Waals surface area contributed by atoms with Gasteiger partial charge < -0.3 is 9.47 Å². The predicted octanol–water partition coefficient (Wildman–Crippen LogP) is 4.23. The maximum Gasteiger partial charge on any atom is 0.186 e. The van der Waals surface area contributed by atoms with Gasteiger partial charge in [0.1, 0.15) is 11.3 Å². The van der Waals surface area contributed by atoms with E-state index in [9.17, 15) is 0 Å². The van der Waals surface area contributed by atoms with Gasteiger partial charge in [-0.25, -0.2) is 9.97 Å². The standard InChI is InChI=1S/C19H19N5S/c1-12(2)18-21-14-5-3-4-6-16(14)24(18)13-10-23(11-13)19-22-15-9-20-8-7-17(15)25-19/h3-9,12-13H,10-11H2,1-2H3. The van der Waals surface area contributed by atoms with Gasteiger partial charge in [-0.15, -0.1) is 0 Å². The number of fused-ring (bicyclic) bond motifs is 2. The van der Waals surface area contributed by atoms with Crippen molar-refractivity contribution in [3.05, 3.63) is 48.5 Å². The molecule has 5 rings (SSSR count). The van der Waals surface area contributed by atoms with E-state index >= 15 is 0 Å². The number of hydrogen-bond donors (Lipinski definition) is 0. The summed E-state index contributed by atoms with van der Waals surface area (Å²) in [6.07, 6.45) is 3.67. The van der Waals surface area contributed by atoms with Gasteiger partial charge in [-0.05, 0) is 18.2 Å². The fourth-order valence-corrected chi connectivity index (χ4v) is 4.48. The second kappa shape index (κ2) is 5.52. The Balaban J connectivity index is 1.47. The zero-order chi connectivity index (χ0) is 17.0. The molecule has 0 unspecified atom stereocenters. The quantitative estimate of drug-likeness (QED) is 0.555. The molecule has 126 valence electrons. The van der Waals surface area contributed by atoms with Gasteiger partial charge in [0.05, 0.1) is 28.0 Å². The van der Waals surface area contributed by atoms with Crippen molar-refractivity contribution in [2.45, 2.75) is 25.8 Å². The highest BCUT2D eigenvalue weighted by atomic mass is 32.1. The molecular formula is C19H19N5S. The number of thiazole rings is 1. The third-order valence-corrected chi connectivity index (χ3v) is 5.91. The summed E-state index contributed by atoms with van der Waals surface area (Å²) >= 11 is 1.74. The van der Waals surface area contributed by atoms with Gasteiger partial charge in [0, 0.05) is 25.2 Å². The molecule has 0 atom stereocenters. The second-order valence-electron chi connectivity index (χ2n) is 6.88. The largest absolute Gasteiger partial charge is 0.344 e. The average Bonchev–Trinajstić information content (AvgIpc) is 3.15. The molecule has 0 aliphatic carbocycles. The Labute approximate surface area is 150 Å². The van der Waals surface area contributed by atoms with Gasteiger partial charge in [0.15, 0.2) is 5.13 Å². The van der Waals surface area contributed by atoms with E-state index in [1.165, 1.54) is 16.0 Å². The molecule has 0 bridgehead atoms. The highest BCUT2D eigenvalue weighted by molar-refractivity contribution is 7.22. The molecule has 1 aliphatic heterocycles. The number of rotatable bonds is 3. The zero-order valence-electron chi connectivity index (χ0n) is 14.3. The molecule has 1 aromatic carbocycles. The second-order valence-corrected chi connectivity index (χ2v) is 7.89.